The Bertz CT molecular complexity index is 936. The van der Waals surface area contributed by atoms with E-state index in [1.54, 1.807) is 19.1 Å². The third-order valence-corrected chi connectivity index (χ3v) is 3.27. The molecule has 0 amide bonds. The number of nitro groups is 2. The van der Waals surface area contributed by atoms with Crippen molar-refractivity contribution in [3.05, 3.63) is 56.1 Å². The molecule has 0 atom stereocenters. The van der Waals surface area contributed by atoms with Gasteiger partial charge in [-0.15, -0.1) is 0 Å². The minimum atomic E-state index is -0.614. The number of hydrogen-bond acceptors (Lipinski definition) is 8. The number of rotatable bonds is 4. The van der Waals surface area contributed by atoms with Gasteiger partial charge in [0.2, 0.25) is 5.52 Å². The fourth-order valence-electron chi connectivity index (χ4n) is 2.16. The van der Waals surface area contributed by atoms with Crippen LogP contribution in [0.1, 0.15) is 5.56 Å². The van der Waals surface area contributed by atoms with Gasteiger partial charge in [-0.2, -0.15) is 0 Å². The molecule has 3 aromatic rings. The summed E-state index contributed by atoms with van der Waals surface area (Å²) in [6, 6.07) is 7.41. The summed E-state index contributed by atoms with van der Waals surface area (Å²) in [6.07, 6.45) is 0. The van der Waals surface area contributed by atoms with Crippen molar-refractivity contribution < 1.29 is 14.5 Å². The lowest BCUT2D eigenvalue weighted by Crippen LogP contribution is -1.99. The molecular formula is C13H9N5O5. The van der Waals surface area contributed by atoms with Crippen molar-refractivity contribution in [3.63, 3.8) is 0 Å². The highest BCUT2D eigenvalue weighted by Gasteiger charge is 2.23. The van der Waals surface area contributed by atoms with Crippen LogP contribution in [-0.4, -0.2) is 20.2 Å². The first-order valence-electron chi connectivity index (χ1n) is 6.39. The molecule has 0 fully saturated rings. The summed E-state index contributed by atoms with van der Waals surface area (Å²) in [6.45, 7) is 1.61. The highest BCUT2D eigenvalue weighted by molar-refractivity contribution is 5.92. The van der Waals surface area contributed by atoms with Crippen molar-refractivity contribution in [2.24, 2.45) is 0 Å². The number of hydrogen-bond donors (Lipinski definition) is 1. The Balaban J connectivity index is 2.08. The van der Waals surface area contributed by atoms with Gasteiger partial charge in [0.15, 0.2) is 0 Å². The first kappa shape index (κ1) is 14.4. The van der Waals surface area contributed by atoms with Crippen molar-refractivity contribution in [2.75, 3.05) is 5.32 Å². The average Bonchev–Trinajstić information content (AvgIpc) is 2.96. The van der Waals surface area contributed by atoms with Crippen LogP contribution in [-0.2, 0) is 0 Å². The zero-order chi connectivity index (χ0) is 16.6. The molecule has 1 heterocycles. The summed E-state index contributed by atoms with van der Waals surface area (Å²) in [5.74, 6) is 0. The van der Waals surface area contributed by atoms with Gasteiger partial charge in [0, 0.05) is 17.3 Å². The molecule has 1 aromatic heterocycles. The maximum Gasteiger partial charge on any atom is 0.323 e. The van der Waals surface area contributed by atoms with Crippen LogP contribution in [0.25, 0.3) is 11.0 Å². The molecule has 0 aliphatic heterocycles. The second-order valence-electron chi connectivity index (χ2n) is 4.73. The number of nitrogens with zero attached hydrogens (tertiary/aromatic N) is 4. The third-order valence-electron chi connectivity index (χ3n) is 3.27. The summed E-state index contributed by atoms with van der Waals surface area (Å²) in [4.78, 5) is 21.2. The van der Waals surface area contributed by atoms with Crippen LogP contribution in [0.3, 0.4) is 0 Å². The second-order valence-corrected chi connectivity index (χ2v) is 4.73. The Morgan fingerprint density at radius 2 is 1.87 bits per heavy atom. The molecular weight excluding hydrogens is 306 g/mol. The number of aryl methyl sites for hydroxylation is 1. The van der Waals surface area contributed by atoms with E-state index in [9.17, 15) is 20.2 Å². The highest BCUT2D eigenvalue weighted by atomic mass is 16.6. The van der Waals surface area contributed by atoms with Gasteiger partial charge in [0.25, 0.3) is 5.69 Å². The summed E-state index contributed by atoms with van der Waals surface area (Å²) in [5.41, 5.74) is 0.830. The van der Waals surface area contributed by atoms with E-state index in [2.05, 4.69) is 20.3 Å². The zero-order valence-corrected chi connectivity index (χ0v) is 11.7. The van der Waals surface area contributed by atoms with Crippen LogP contribution in [0, 0.1) is 27.2 Å². The minimum absolute atomic E-state index is 0.00149. The predicted molar refractivity (Wildman–Crippen MR) is 79.6 cm³/mol. The topological polar surface area (TPSA) is 137 Å². The van der Waals surface area contributed by atoms with Crippen LogP contribution < -0.4 is 5.32 Å². The van der Waals surface area contributed by atoms with Crippen molar-refractivity contribution in [1.29, 1.82) is 0 Å². The van der Waals surface area contributed by atoms with Gasteiger partial charge in [0.05, 0.1) is 9.85 Å². The number of aromatic nitrogens is 2. The fourth-order valence-corrected chi connectivity index (χ4v) is 2.16. The van der Waals surface area contributed by atoms with Crippen molar-refractivity contribution in [1.82, 2.24) is 10.3 Å². The predicted octanol–water partition coefficient (Wildman–Crippen LogP) is 3.09. The van der Waals surface area contributed by atoms with E-state index < -0.39 is 9.85 Å². The number of benzene rings is 2. The quantitative estimate of drug-likeness (QED) is 0.572. The van der Waals surface area contributed by atoms with Crippen molar-refractivity contribution in [3.8, 4) is 0 Å². The van der Waals surface area contributed by atoms with Crippen molar-refractivity contribution in [2.45, 2.75) is 6.92 Å². The Hall–Kier alpha value is -3.56. The molecule has 10 nitrogen and oxygen atoms in total. The third kappa shape index (κ3) is 2.52. The largest absolute Gasteiger partial charge is 0.350 e. The smallest absolute Gasteiger partial charge is 0.323 e. The van der Waals surface area contributed by atoms with E-state index in [4.69, 9.17) is 0 Å². The first-order chi connectivity index (χ1) is 11.0. The van der Waals surface area contributed by atoms with E-state index in [0.29, 0.717) is 11.3 Å². The molecule has 0 spiro atoms. The Kier molecular flexibility index (Phi) is 3.33. The highest BCUT2D eigenvalue weighted by Crippen LogP contribution is 2.34. The van der Waals surface area contributed by atoms with Crippen LogP contribution in [0.4, 0.5) is 22.7 Å². The number of anilines is 2. The molecule has 116 valence electrons. The van der Waals surface area contributed by atoms with E-state index in [1.807, 2.05) is 0 Å². The lowest BCUT2D eigenvalue weighted by Gasteiger charge is -2.07. The fraction of sp³-hybridized carbons (Fsp3) is 0.0769. The van der Waals surface area contributed by atoms with Crippen LogP contribution in [0.5, 0.6) is 0 Å². The molecule has 3 rings (SSSR count). The van der Waals surface area contributed by atoms with Gasteiger partial charge in [-0.25, -0.2) is 4.63 Å². The molecule has 10 heteroatoms. The Labute approximate surface area is 128 Å². The van der Waals surface area contributed by atoms with Crippen LogP contribution in [0.2, 0.25) is 0 Å². The standard InChI is InChI=1S/C13H9N5O5/c1-7-2-3-8(6-11(7)17(19)20)14-10-5-4-9-12(16-23-15-9)13(10)18(21)22/h2-6,14H,1H3. The molecule has 0 bridgehead atoms. The van der Waals surface area contributed by atoms with E-state index in [-0.39, 0.29) is 28.1 Å². The lowest BCUT2D eigenvalue weighted by molar-refractivity contribution is -0.385. The molecule has 0 aliphatic carbocycles. The average molecular weight is 315 g/mol. The van der Waals surface area contributed by atoms with Crippen LogP contribution >= 0.6 is 0 Å². The molecule has 2 aromatic carbocycles. The van der Waals surface area contributed by atoms with Gasteiger partial charge in [0.1, 0.15) is 11.2 Å². The van der Waals surface area contributed by atoms with Gasteiger partial charge in [-0.1, -0.05) is 6.07 Å². The normalized spacial score (nSPS) is 10.7. The Morgan fingerprint density at radius 3 is 2.57 bits per heavy atom. The number of nitro benzene ring substituents is 2. The minimum Gasteiger partial charge on any atom is -0.350 e. The van der Waals surface area contributed by atoms with Gasteiger partial charge in [-0.3, -0.25) is 20.2 Å². The van der Waals surface area contributed by atoms with Gasteiger partial charge in [-0.05, 0) is 35.4 Å². The van der Waals surface area contributed by atoms with E-state index in [0.717, 1.165) is 0 Å². The van der Waals surface area contributed by atoms with E-state index >= 15 is 0 Å². The van der Waals surface area contributed by atoms with Gasteiger partial charge < -0.3 is 5.32 Å². The molecule has 0 aliphatic rings. The second kappa shape index (κ2) is 5.33. The zero-order valence-electron chi connectivity index (χ0n) is 11.7. The molecule has 1 N–H and O–H groups in total. The summed E-state index contributed by atoms with van der Waals surface area (Å²) in [5, 5.41) is 32.2. The monoisotopic (exact) mass is 315 g/mol. The molecule has 0 unspecified atom stereocenters. The lowest BCUT2D eigenvalue weighted by atomic mass is 10.1. The summed E-state index contributed by atoms with van der Waals surface area (Å²) >= 11 is 0. The van der Waals surface area contributed by atoms with Gasteiger partial charge >= 0.3 is 5.69 Å². The molecule has 23 heavy (non-hydrogen) atoms. The maximum absolute atomic E-state index is 11.3. The summed E-state index contributed by atoms with van der Waals surface area (Å²) < 4.78 is 4.51. The number of nitrogens with one attached hydrogen (secondary N) is 1. The molecule has 0 saturated heterocycles. The first-order valence-corrected chi connectivity index (χ1v) is 6.39. The number of fused-ring (bicyclic) bond motifs is 1. The SMILES string of the molecule is Cc1ccc(Nc2ccc3nonc3c2[N+](=O)[O-])cc1[N+](=O)[O-]. The molecule has 0 radical (unpaired) electrons. The molecule has 0 saturated carbocycles. The van der Waals surface area contributed by atoms with Crippen molar-refractivity contribution >= 4 is 33.8 Å². The Morgan fingerprint density at radius 1 is 1.09 bits per heavy atom. The van der Waals surface area contributed by atoms with Crippen LogP contribution in [0.15, 0.2) is 35.0 Å². The summed E-state index contributed by atoms with van der Waals surface area (Å²) in [7, 11) is 0. The maximum atomic E-state index is 11.3. The van der Waals surface area contributed by atoms with E-state index in [1.165, 1.54) is 18.2 Å².